The van der Waals surface area contributed by atoms with Crippen molar-refractivity contribution in [1.82, 2.24) is 5.32 Å². The maximum absolute atomic E-state index is 12.7. The first-order chi connectivity index (χ1) is 10.4. The molecule has 122 valence electrons. The first kappa shape index (κ1) is 15.3. The highest BCUT2D eigenvalue weighted by Crippen LogP contribution is 2.60. The van der Waals surface area contributed by atoms with Gasteiger partial charge in [-0.2, -0.15) is 0 Å². The molecule has 6 nitrogen and oxygen atoms in total. The van der Waals surface area contributed by atoms with Crippen LogP contribution in [-0.2, 0) is 14.4 Å². The molecule has 4 aliphatic rings. The monoisotopic (exact) mass is 309 g/mol. The Balaban J connectivity index is 1.67. The fourth-order valence-corrected chi connectivity index (χ4v) is 5.23. The Kier molecular flexibility index (Phi) is 3.87. The number of carboxylic acids is 2. The highest BCUT2D eigenvalue weighted by molar-refractivity contribution is 5.88. The summed E-state index contributed by atoms with van der Waals surface area (Å²) in [6.07, 6.45) is 5.94. The van der Waals surface area contributed by atoms with Crippen molar-refractivity contribution in [2.75, 3.05) is 0 Å². The van der Waals surface area contributed by atoms with Gasteiger partial charge in [0.2, 0.25) is 5.91 Å². The smallest absolute Gasteiger partial charge is 0.326 e. The molecule has 4 fully saturated rings. The minimum Gasteiger partial charge on any atom is -0.481 e. The van der Waals surface area contributed by atoms with Crippen LogP contribution in [0.25, 0.3) is 0 Å². The summed E-state index contributed by atoms with van der Waals surface area (Å²) in [7, 11) is 0. The molecule has 0 aromatic carbocycles. The van der Waals surface area contributed by atoms with Crippen molar-refractivity contribution in [2.45, 2.75) is 57.4 Å². The van der Waals surface area contributed by atoms with Crippen LogP contribution in [0, 0.1) is 23.2 Å². The van der Waals surface area contributed by atoms with Gasteiger partial charge in [0.25, 0.3) is 0 Å². The topological polar surface area (TPSA) is 104 Å². The molecule has 4 aliphatic carbocycles. The number of carbonyl (C=O) groups excluding carboxylic acids is 1. The lowest BCUT2D eigenvalue weighted by molar-refractivity contribution is -0.152. The van der Waals surface area contributed by atoms with Crippen molar-refractivity contribution in [3.8, 4) is 0 Å². The van der Waals surface area contributed by atoms with E-state index in [1.54, 1.807) is 0 Å². The molecule has 0 saturated heterocycles. The second-order valence-electron chi connectivity index (χ2n) is 7.49. The molecule has 0 unspecified atom stereocenters. The van der Waals surface area contributed by atoms with Gasteiger partial charge in [-0.3, -0.25) is 9.59 Å². The van der Waals surface area contributed by atoms with Crippen LogP contribution in [0.15, 0.2) is 0 Å². The molecule has 0 aliphatic heterocycles. The Bertz CT molecular complexity index is 465. The average molecular weight is 309 g/mol. The van der Waals surface area contributed by atoms with E-state index < -0.39 is 23.4 Å². The lowest BCUT2D eigenvalue weighted by atomic mass is 9.49. The van der Waals surface area contributed by atoms with Crippen LogP contribution in [0.4, 0.5) is 0 Å². The van der Waals surface area contributed by atoms with Crippen LogP contribution in [-0.4, -0.2) is 34.1 Å². The molecule has 4 bridgehead atoms. The fraction of sp³-hybridized carbons (Fsp3) is 0.812. The Morgan fingerprint density at radius 1 is 1.00 bits per heavy atom. The molecule has 4 saturated carbocycles. The summed E-state index contributed by atoms with van der Waals surface area (Å²) >= 11 is 0. The first-order valence-corrected chi connectivity index (χ1v) is 8.13. The molecular weight excluding hydrogens is 286 g/mol. The number of amides is 1. The van der Waals surface area contributed by atoms with Gasteiger partial charge in [-0.15, -0.1) is 0 Å². The Morgan fingerprint density at radius 2 is 1.50 bits per heavy atom. The summed E-state index contributed by atoms with van der Waals surface area (Å²) in [6, 6.07) is -1.10. The number of hydrogen-bond donors (Lipinski definition) is 3. The predicted molar refractivity (Wildman–Crippen MR) is 77.0 cm³/mol. The van der Waals surface area contributed by atoms with Crippen LogP contribution in [0.3, 0.4) is 0 Å². The normalized spacial score (nSPS) is 36.8. The summed E-state index contributed by atoms with van der Waals surface area (Å²) in [5.41, 5.74) is -0.397. The summed E-state index contributed by atoms with van der Waals surface area (Å²) in [5.74, 6) is -0.531. The van der Waals surface area contributed by atoms with Gasteiger partial charge in [0, 0.05) is 11.8 Å². The number of rotatable bonds is 6. The number of carbonyl (C=O) groups is 3. The molecule has 0 aromatic heterocycles. The van der Waals surface area contributed by atoms with Gasteiger partial charge in [0.1, 0.15) is 6.04 Å². The second-order valence-corrected chi connectivity index (χ2v) is 7.49. The number of carboxylic acid groups (broad SMARTS) is 2. The van der Waals surface area contributed by atoms with Gasteiger partial charge in [0.05, 0.1) is 0 Å². The molecule has 1 amide bonds. The summed E-state index contributed by atoms with van der Waals surface area (Å²) < 4.78 is 0. The van der Waals surface area contributed by atoms with E-state index in [4.69, 9.17) is 5.11 Å². The van der Waals surface area contributed by atoms with E-state index in [9.17, 15) is 19.5 Å². The molecule has 0 spiro atoms. The molecule has 6 heteroatoms. The molecule has 0 heterocycles. The van der Waals surface area contributed by atoms with Crippen LogP contribution in [0.2, 0.25) is 0 Å². The van der Waals surface area contributed by atoms with E-state index in [0.29, 0.717) is 17.8 Å². The quantitative estimate of drug-likeness (QED) is 0.692. The first-order valence-electron chi connectivity index (χ1n) is 8.13. The van der Waals surface area contributed by atoms with Crippen molar-refractivity contribution in [3.05, 3.63) is 0 Å². The Labute approximate surface area is 129 Å². The van der Waals surface area contributed by atoms with Crippen LogP contribution in [0.5, 0.6) is 0 Å². The molecule has 1 atom stereocenters. The van der Waals surface area contributed by atoms with E-state index in [-0.39, 0.29) is 18.7 Å². The fourth-order valence-electron chi connectivity index (χ4n) is 5.23. The highest BCUT2D eigenvalue weighted by Gasteiger charge is 2.54. The van der Waals surface area contributed by atoms with E-state index in [1.165, 1.54) is 19.3 Å². The van der Waals surface area contributed by atoms with E-state index >= 15 is 0 Å². The third kappa shape index (κ3) is 2.83. The molecule has 3 N–H and O–H groups in total. The van der Waals surface area contributed by atoms with Crippen molar-refractivity contribution >= 4 is 17.8 Å². The number of aliphatic carboxylic acids is 2. The van der Waals surface area contributed by atoms with Crippen molar-refractivity contribution < 1.29 is 24.6 Å². The summed E-state index contributed by atoms with van der Waals surface area (Å²) in [4.78, 5) is 34.6. The van der Waals surface area contributed by atoms with Gasteiger partial charge < -0.3 is 15.5 Å². The van der Waals surface area contributed by atoms with Crippen molar-refractivity contribution in [2.24, 2.45) is 23.2 Å². The lowest BCUT2D eigenvalue weighted by Crippen LogP contribution is -2.56. The standard InChI is InChI=1S/C16H23NO5/c18-13(19)2-1-12(14(20)21)17-15(22)16-6-9-3-10(7-16)5-11(4-9)8-16/h9-12H,1-8H2,(H,17,22)(H,18,19)(H,20,21)/t9?,10?,11?,12-,16?/m1/s1. The van der Waals surface area contributed by atoms with Crippen LogP contribution < -0.4 is 5.32 Å². The Hall–Kier alpha value is -1.59. The zero-order valence-electron chi connectivity index (χ0n) is 12.6. The second kappa shape index (κ2) is 5.56. The molecule has 0 aromatic rings. The van der Waals surface area contributed by atoms with E-state index in [1.807, 2.05) is 0 Å². The predicted octanol–water partition coefficient (Wildman–Crippen LogP) is 1.64. The van der Waals surface area contributed by atoms with Gasteiger partial charge in [-0.05, 0) is 62.7 Å². The minimum atomic E-state index is -1.15. The number of hydrogen-bond acceptors (Lipinski definition) is 3. The van der Waals surface area contributed by atoms with E-state index in [0.717, 1.165) is 19.3 Å². The SMILES string of the molecule is O=C(O)CC[C@@H](NC(=O)C12CC3CC(CC(C3)C1)C2)C(=O)O. The van der Waals surface area contributed by atoms with Crippen LogP contribution >= 0.6 is 0 Å². The molecule has 0 radical (unpaired) electrons. The molecule has 22 heavy (non-hydrogen) atoms. The molecular formula is C16H23NO5. The Morgan fingerprint density at radius 3 is 1.91 bits per heavy atom. The third-order valence-electron chi connectivity index (χ3n) is 5.77. The zero-order valence-corrected chi connectivity index (χ0v) is 12.6. The third-order valence-corrected chi connectivity index (χ3v) is 5.77. The van der Waals surface area contributed by atoms with Crippen LogP contribution in [0.1, 0.15) is 51.4 Å². The van der Waals surface area contributed by atoms with Gasteiger partial charge in [-0.25, -0.2) is 4.79 Å². The van der Waals surface area contributed by atoms with E-state index in [2.05, 4.69) is 5.32 Å². The average Bonchev–Trinajstić information content (AvgIpc) is 2.41. The largest absolute Gasteiger partial charge is 0.481 e. The molecule has 4 rings (SSSR count). The van der Waals surface area contributed by atoms with Crippen molar-refractivity contribution in [1.29, 1.82) is 0 Å². The zero-order chi connectivity index (χ0) is 15.9. The highest BCUT2D eigenvalue weighted by atomic mass is 16.4. The maximum atomic E-state index is 12.7. The summed E-state index contributed by atoms with van der Waals surface area (Å²) in [6.45, 7) is 0. The summed E-state index contributed by atoms with van der Waals surface area (Å²) in [5, 5.41) is 20.5. The minimum absolute atomic E-state index is 0.0667. The maximum Gasteiger partial charge on any atom is 0.326 e. The van der Waals surface area contributed by atoms with Gasteiger partial charge in [0.15, 0.2) is 0 Å². The number of nitrogens with one attached hydrogen (secondary N) is 1. The van der Waals surface area contributed by atoms with Gasteiger partial charge >= 0.3 is 11.9 Å². The lowest BCUT2D eigenvalue weighted by Gasteiger charge is -2.55. The van der Waals surface area contributed by atoms with Gasteiger partial charge in [-0.1, -0.05) is 0 Å². The van der Waals surface area contributed by atoms with Crippen molar-refractivity contribution in [3.63, 3.8) is 0 Å².